The van der Waals surface area contributed by atoms with E-state index in [1.807, 2.05) is 51.4 Å². The van der Waals surface area contributed by atoms with Crippen LogP contribution in [0.15, 0.2) is 30.5 Å². The summed E-state index contributed by atoms with van der Waals surface area (Å²) in [5.74, 6) is 0.126. The third-order valence-electron chi connectivity index (χ3n) is 2.79. The van der Waals surface area contributed by atoms with E-state index in [1.165, 1.54) is 5.56 Å². The molecule has 2 rings (SSSR count). The Morgan fingerprint density at radius 2 is 2.06 bits per heavy atom. The van der Waals surface area contributed by atoms with Gasteiger partial charge in [-0.15, -0.1) is 0 Å². The molecule has 0 fully saturated rings. The maximum atomic E-state index is 12.1. The number of aryl methyl sites for hydroxylation is 3. The van der Waals surface area contributed by atoms with Crippen LogP contribution in [0.4, 0.5) is 0 Å². The van der Waals surface area contributed by atoms with Crippen LogP contribution in [0.25, 0.3) is 0 Å². The summed E-state index contributed by atoms with van der Waals surface area (Å²) >= 11 is 0. The molecule has 1 aromatic carbocycles. The number of ketones is 1. The van der Waals surface area contributed by atoms with Crippen molar-refractivity contribution >= 4 is 5.78 Å². The van der Waals surface area contributed by atoms with Gasteiger partial charge >= 0.3 is 0 Å². The Labute approximate surface area is 101 Å². The van der Waals surface area contributed by atoms with Crippen LogP contribution in [-0.4, -0.2) is 15.6 Å². The van der Waals surface area contributed by atoms with Crippen LogP contribution < -0.4 is 0 Å². The highest BCUT2D eigenvalue weighted by Gasteiger charge is 2.11. The van der Waals surface area contributed by atoms with E-state index in [0.29, 0.717) is 6.42 Å². The molecule has 0 bridgehead atoms. The highest BCUT2D eigenvalue weighted by atomic mass is 16.1. The lowest BCUT2D eigenvalue weighted by atomic mass is 10.00. The summed E-state index contributed by atoms with van der Waals surface area (Å²) in [7, 11) is 1.85. The zero-order chi connectivity index (χ0) is 12.4. The van der Waals surface area contributed by atoms with Crippen LogP contribution in [0.2, 0.25) is 0 Å². The lowest BCUT2D eigenvalue weighted by Gasteiger charge is -2.04. The Kier molecular flexibility index (Phi) is 3.09. The van der Waals surface area contributed by atoms with Gasteiger partial charge in [-0.05, 0) is 25.5 Å². The van der Waals surface area contributed by atoms with Crippen molar-refractivity contribution in [2.24, 2.45) is 7.05 Å². The molecule has 0 aliphatic rings. The summed E-state index contributed by atoms with van der Waals surface area (Å²) in [6, 6.07) is 7.78. The lowest BCUT2D eigenvalue weighted by molar-refractivity contribution is 0.0991. The molecular weight excluding hydrogens is 212 g/mol. The van der Waals surface area contributed by atoms with Crippen molar-refractivity contribution in [3.63, 3.8) is 0 Å². The molecule has 3 heteroatoms. The number of nitrogens with zero attached hydrogens (tertiary/aromatic N) is 2. The molecular formula is C14H16N2O. The summed E-state index contributed by atoms with van der Waals surface area (Å²) in [6.45, 7) is 4.00. The highest BCUT2D eigenvalue weighted by molar-refractivity contribution is 5.98. The van der Waals surface area contributed by atoms with Crippen molar-refractivity contribution in [2.45, 2.75) is 20.3 Å². The molecule has 0 spiro atoms. The maximum Gasteiger partial charge on any atom is 0.169 e. The number of benzene rings is 1. The maximum absolute atomic E-state index is 12.1. The molecule has 0 saturated heterocycles. The van der Waals surface area contributed by atoms with Gasteiger partial charge in [-0.3, -0.25) is 9.48 Å². The number of Topliss-reactive ketones (excluding diaryl/α,β-unsaturated/α-hetero) is 1. The van der Waals surface area contributed by atoms with Crippen LogP contribution in [0.5, 0.6) is 0 Å². The zero-order valence-corrected chi connectivity index (χ0v) is 10.4. The SMILES string of the molecule is Cc1ccc(C(=O)Cc2ccn(C)n2)c(C)c1. The monoisotopic (exact) mass is 228 g/mol. The molecule has 0 aliphatic carbocycles. The average molecular weight is 228 g/mol. The van der Waals surface area contributed by atoms with Gasteiger partial charge in [0.05, 0.1) is 12.1 Å². The van der Waals surface area contributed by atoms with E-state index in [4.69, 9.17) is 0 Å². The van der Waals surface area contributed by atoms with Gasteiger partial charge in [-0.25, -0.2) is 0 Å². The fraction of sp³-hybridized carbons (Fsp3) is 0.286. The lowest BCUT2D eigenvalue weighted by Crippen LogP contribution is -2.06. The molecule has 0 radical (unpaired) electrons. The Balaban J connectivity index is 2.20. The Morgan fingerprint density at radius 1 is 1.29 bits per heavy atom. The Hall–Kier alpha value is -1.90. The summed E-state index contributed by atoms with van der Waals surface area (Å²) in [6.07, 6.45) is 2.22. The molecule has 17 heavy (non-hydrogen) atoms. The van der Waals surface area contributed by atoms with E-state index < -0.39 is 0 Å². The van der Waals surface area contributed by atoms with Gasteiger partial charge in [0.25, 0.3) is 0 Å². The van der Waals surface area contributed by atoms with E-state index in [0.717, 1.165) is 16.8 Å². The number of hydrogen-bond donors (Lipinski definition) is 0. The minimum atomic E-state index is 0.126. The molecule has 0 atom stereocenters. The Morgan fingerprint density at radius 3 is 2.65 bits per heavy atom. The third kappa shape index (κ3) is 2.61. The van der Waals surface area contributed by atoms with Gasteiger partial charge in [-0.1, -0.05) is 23.8 Å². The standard InChI is InChI=1S/C14H16N2O/c1-10-4-5-13(11(2)8-10)14(17)9-12-6-7-16(3)15-12/h4-8H,9H2,1-3H3. The first-order valence-electron chi connectivity index (χ1n) is 5.65. The van der Waals surface area contributed by atoms with Crippen molar-refractivity contribution in [2.75, 3.05) is 0 Å². The van der Waals surface area contributed by atoms with Crippen LogP contribution in [0, 0.1) is 13.8 Å². The highest BCUT2D eigenvalue weighted by Crippen LogP contribution is 2.13. The molecule has 3 nitrogen and oxygen atoms in total. The fourth-order valence-electron chi connectivity index (χ4n) is 1.94. The van der Waals surface area contributed by atoms with E-state index in [-0.39, 0.29) is 5.78 Å². The quantitative estimate of drug-likeness (QED) is 0.756. The molecule has 0 saturated carbocycles. The first-order valence-corrected chi connectivity index (χ1v) is 5.65. The molecule has 0 unspecified atom stereocenters. The molecule has 1 aromatic heterocycles. The van der Waals surface area contributed by atoms with Crippen molar-refractivity contribution in [1.82, 2.24) is 9.78 Å². The van der Waals surface area contributed by atoms with Gasteiger partial charge in [0, 0.05) is 18.8 Å². The smallest absolute Gasteiger partial charge is 0.169 e. The Bertz CT molecular complexity index is 555. The molecule has 2 aromatic rings. The van der Waals surface area contributed by atoms with Crippen molar-refractivity contribution in [1.29, 1.82) is 0 Å². The van der Waals surface area contributed by atoms with Gasteiger partial charge in [0.15, 0.2) is 5.78 Å². The summed E-state index contributed by atoms with van der Waals surface area (Å²) in [4.78, 5) is 12.1. The van der Waals surface area contributed by atoms with Crippen LogP contribution >= 0.6 is 0 Å². The van der Waals surface area contributed by atoms with Gasteiger partial charge in [0.2, 0.25) is 0 Å². The number of carbonyl (C=O) groups is 1. The van der Waals surface area contributed by atoms with Gasteiger partial charge < -0.3 is 0 Å². The fourth-order valence-corrected chi connectivity index (χ4v) is 1.94. The summed E-state index contributed by atoms with van der Waals surface area (Å²) in [5, 5.41) is 4.22. The van der Waals surface area contributed by atoms with Crippen LogP contribution in [-0.2, 0) is 13.5 Å². The predicted molar refractivity (Wildman–Crippen MR) is 67.2 cm³/mol. The normalized spacial score (nSPS) is 10.5. The number of rotatable bonds is 3. The first-order chi connectivity index (χ1) is 8.06. The third-order valence-corrected chi connectivity index (χ3v) is 2.79. The first kappa shape index (κ1) is 11.6. The minimum absolute atomic E-state index is 0.126. The van der Waals surface area contributed by atoms with E-state index >= 15 is 0 Å². The topological polar surface area (TPSA) is 34.9 Å². The average Bonchev–Trinajstić information content (AvgIpc) is 2.63. The van der Waals surface area contributed by atoms with Crippen molar-refractivity contribution in [3.8, 4) is 0 Å². The second-order valence-corrected chi connectivity index (χ2v) is 4.40. The van der Waals surface area contributed by atoms with Crippen molar-refractivity contribution < 1.29 is 4.79 Å². The second-order valence-electron chi connectivity index (χ2n) is 4.40. The van der Waals surface area contributed by atoms with Crippen LogP contribution in [0.3, 0.4) is 0 Å². The molecule has 88 valence electrons. The molecule has 0 aliphatic heterocycles. The molecule has 0 N–H and O–H groups in total. The largest absolute Gasteiger partial charge is 0.294 e. The zero-order valence-electron chi connectivity index (χ0n) is 10.4. The van der Waals surface area contributed by atoms with E-state index in [2.05, 4.69) is 5.10 Å². The van der Waals surface area contributed by atoms with Crippen molar-refractivity contribution in [3.05, 3.63) is 52.8 Å². The number of carbonyl (C=O) groups excluding carboxylic acids is 1. The van der Waals surface area contributed by atoms with Gasteiger partial charge in [-0.2, -0.15) is 5.10 Å². The van der Waals surface area contributed by atoms with Crippen LogP contribution in [0.1, 0.15) is 27.2 Å². The van der Waals surface area contributed by atoms with Gasteiger partial charge in [0.1, 0.15) is 0 Å². The molecule has 0 amide bonds. The minimum Gasteiger partial charge on any atom is -0.294 e. The second kappa shape index (κ2) is 4.53. The number of hydrogen-bond acceptors (Lipinski definition) is 2. The summed E-state index contributed by atoms with van der Waals surface area (Å²) in [5.41, 5.74) is 3.82. The van der Waals surface area contributed by atoms with E-state index in [1.54, 1.807) is 4.68 Å². The predicted octanol–water partition coefficient (Wildman–Crippen LogP) is 2.46. The number of aromatic nitrogens is 2. The molecule has 1 heterocycles. The summed E-state index contributed by atoms with van der Waals surface area (Å²) < 4.78 is 1.71. The van der Waals surface area contributed by atoms with E-state index in [9.17, 15) is 4.79 Å².